The average molecular weight is 269 g/mol. The molecule has 1 amide bonds. The van der Waals surface area contributed by atoms with Gasteiger partial charge in [-0.3, -0.25) is 4.79 Å². The van der Waals surface area contributed by atoms with Crippen LogP contribution in [0.1, 0.15) is 65.2 Å². The third-order valence-electron chi connectivity index (χ3n) is 4.32. The van der Waals surface area contributed by atoms with E-state index in [9.17, 15) is 4.79 Å². The first-order valence-corrected chi connectivity index (χ1v) is 7.33. The zero-order valence-electron chi connectivity index (χ0n) is 12.1. The number of nitrogens with zero attached hydrogens (tertiary/aromatic N) is 1. The minimum atomic E-state index is -0.920. The normalized spacial score (nSPS) is 22.1. The van der Waals surface area contributed by atoms with Crippen LogP contribution >= 0.6 is 0 Å². The highest BCUT2D eigenvalue weighted by molar-refractivity contribution is 6.06. The van der Waals surface area contributed by atoms with Crippen molar-refractivity contribution in [2.24, 2.45) is 16.3 Å². The fraction of sp³-hybridized carbons (Fsp3) is 0.857. The first-order valence-electron chi connectivity index (χ1n) is 7.33. The first-order chi connectivity index (χ1) is 9.04. The topological polar surface area (TPSA) is 87.7 Å². The van der Waals surface area contributed by atoms with Crippen molar-refractivity contribution in [1.29, 1.82) is 0 Å². The number of rotatable bonds is 4. The minimum absolute atomic E-state index is 0.0154. The Morgan fingerprint density at radius 3 is 2.32 bits per heavy atom. The zero-order valence-corrected chi connectivity index (χ0v) is 12.1. The second kappa shape index (κ2) is 7.36. The monoisotopic (exact) mass is 269 g/mol. The van der Waals surface area contributed by atoms with Crippen LogP contribution in [-0.2, 0) is 4.79 Å². The Morgan fingerprint density at radius 1 is 1.32 bits per heavy atom. The van der Waals surface area contributed by atoms with Gasteiger partial charge in [0.05, 0.1) is 0 Å². The van der Waals surface area contributed by atoms with Crippen molar-refractivity contribution < 1.29 is 10.0 Å². The van der Waals surface area contributed by atoms with Crippen LogP contribution in [0.2, 0.25) is 0 Å². The van der Waals surface area contributed by atoms with E-state index in [4.69, 9.17) is 10.9 Å². The quantitative estimate of drug-likeness (QED) is 0.317. The number of hydrogen-bond acceptors (Lipinski definition) is 3. The molecule has 110 valence electrons. The van der Waals surface area contributed by atoms with Crippen LogP contribution in [0.25, 0.3) is 0 Å². The van der Waals surface area contributed by atoms with Gasteiger partial charge in [0, 0.05) is 6.04 Å². The number of nitrogens with two attached hydrogens (primary N) is 1. The van der Waals surface area contributed by atoms with E-state index in [1.807, 2.05) is 6.92 Å². The Bertz CT molecular complexity index is 323. The SMILES string of the molecule is CCC(C)(C(=O)NC1CCCCCCC1)C(N)=NO. The molecular formula is C14H27N3O2. The molecule has 0 bridgehead atoms. The number of nitrogens with one attached hydrogen (secondary N) is 1. The lowest BCUT2D eigenvalue weighted by Gasteiger charge is -2.29. The standard InChI is InChI=1S/C14H27N3O2/c1-3-14(2,12(15)17-19)13(18)16-11-9-7-5-4-6-8-10-11/h11,19H,3-10H2,1-2H3,(H2,15,17)(H,16,18). The van der Waals surface area contributed by atoms with Gasteiger partial charge in [0.2, 0.25) is 5.91 Å². The largest absolute Gasteiger partial charge is 0.409 e. The number of amidine groups is 1. The molecule has 5 nitrogen and oxygen atoms in total. The van der Waals surface area contributed by atoms with Crippen LogP contribution in [0.5, 0.6) is 0 Å². The molecule has 0 spiro atoms. The molecule has 0 aromatic rings. The third-order valence-corrected chi connectivity index (χ3v) is 4.32. The van der Waals surface area contributed by atoms with Crippen molar-refractivity contribution in [3.05, 3.63) is 0 Å². The van der Waals surface area contributed by atoms with Gasteiger partial charge in [0.15, 0.2) is 5.84 Å². The molecule has 0 aromatic heterocycles. The van der Waals surface area contributed by atoms with Crippen molar-refractivity contribution in [2.75, 3.05) is 0 Å². The molecule has 1 aliphatic carbocycles. The molecule has 0 saturated heterocycles. The number of amides is 1. The maximum Gasteiger partial charge on any atom is 0.233 e. The molecule has 1 fully saturated rings. The lowest BCUT2D eigenvalue weighted by atomic mass is 9.84. The number of carbonyl (C=O) groups excluding carboxylic acids is 1. The summed E-state index contributed by atoms with van der Waals surface area (Å²) in [5.74, 6) is -0.144. The second-order valence-electron chi connectivity index (χ2n) is 5.69. The Kier molecular flexibility index (Phi) is 6.12. The van der Waals surface area contributed by atoms with E-state index in [1.54, 1.807) is 6.92 Å². The molecule has 4 N–H and O–H groups in total. The molecular weight excluding hydrogens is 242 g/mol. The zero-order chi connectivity index (χ0) is 14.3. The highest BCUT2D eigenvalue weighted by Gasteiger charge is 2.37. The van der Waals surface area contributed by atoms with E-state index in [0.717, 1.165) is 25.7 Å². The van der Waals surface area contributed by atoms with Gasteiger partial charge < -0.3 is 16.3 Å². The summed E-state index contributed by atoms with van der Waals surface area (Å²) >= 11 is 0. The lowest BCUT2D eigenvalue weighted by Crippen LogP contribution is -2.50. The lowest BCUT2D eigenvalue weighted by molar-refractivity contribution is -0.128. The van der Waals surface area contributed by atoms with Gasteiger partial charge in [-0.2, -0.15) is 0 Å². The van der Waals surface area contributed by atoms with Crippen LogP contribution in [-0.4, -0.2) is 23.0 Å². The van der Waals surface area contributed by atoms with Gasteiger partial charge in [-0.15, -0.1) is 0 Å². The van der Waals surface area contributed by atoms with E-state index in [2.05, 4.69) is 10.5 Å². The maximum atomic E-state index is 12.4. The highest BCUT2D eigenvalue weighted by Crippen LogP contribution is 2.23. The summed E-state index contributed by atoms with van der Waals surface area (Å²) in [4.78, 5) is 12.4. The van der Waals surface area contributed by atoms with Gasteiger partial charge in [0.1, 0.15) is 5.41 Å². The van der Waals surface area contributed by atoms with Gasteiger partial charge in [-0.05, 0) is 26.2 Å². The molecule has 19 heavy (non-hydrogen) atoms. The number of hydrogen-bond donors (Lipinski definition) is 3. The Hall–Kier alpha value is -1.26. The van der Waals surface area contributed by atoms with Crippen LogP contribution in [0.3, 0.4) is 0 Å². The molecule has 1 atom stereocenters. The molecule has 1 unspecified atom stereocenters. The van der Waals surface area contributed by atoms with E-state index in [0.29, 0.717) is 6.42 Å². The molecule has 1 aliphatic rings. The summed E-state index contributed by atoms with van der Waals surface area (Å²) in [5, 5.41) is 14.9. The van der Waals surface area contributed by atoms with E-state index in [-0.39, 0.29) is 17.8 Å². The molecule has 5 heteroatoms. The summed E-state index contributed by atoms with van der Waals surface area (Å²) < 4.78 is 0. The molecule has 0 radical (unpaired) electrons. The van der Waals surface area contributed by atoms with Gasteiger partial charge in [0.25, 0.3) is 0 Å². The highest BCUT2D eigenvalue weighted by atomic mass is 16.4. The maximum absolute atomic E-state index is 12.4. The van der Waals surface area contributed by atoms with Crippen molar-refractivity contribution in [1.82, 2.24) is 5.32 Å². The predicted molar refractivity (Wildman–Crippen MR) is 76.1 cm³/mol. The molecule has 0 aromatic carbocycles. The minimum Gasteiger partial charge on any atom is -0.409 e. The van der Waals surface area contributed by atoms with Gasteiger partial charge in [-0.25, -0.2) is 0 Å². The average Bonchev–Trinajstić information content (AvgIpc) is 2.39. The van der Waals surface area contributed by atoms with Crippen molar-refractivity contribution in [3.63, 3.8) is 0 Å². The summed E-state index contributed by atoms with van der Waals surface area (Å²) in [6.45, 7) is 3.59. The van der Waals surface area contributed by atoms with Crippen molar-refractivity contribution in [2.45, 2.75) is 71.3 Å². The van der Waals surface area contributed by atoms with E-state index in [1.165, 1.54) is 19.3 Å². The van der Waals surface area contributed by atoms with Crippen LogP contribution in [0.15, 0.2) is 5.16 Å². The van der Waals surface area contributed by atoms with Crippen LogP contribution < -0.4 is 11.1 Å². The van der Waals surface area contributed by atoms with Gasteiger partial charge >= 0.3 is 0 Å². The van der Waals surface area contributed by atoms with Gasteiger partial charge in [-0.1, -0.05) is 44.2 Å². The number of oxime groups is 1. The van der Waals surface area contributed by atoms with E-state index >= 15 is 0 Å². The van der Waals surface area contributed by atoms with Crippen LogP contribution in [0, 0.1) is 5.41 Å². The third kappa shape index (κ3) is 4.11. The predicted octanol–water partition coefficient (Wildman–Crippen LogP) is 2.38. The summed E-state index contributed by atoms with van der Waals surface area (Å²) in [5.41, 5.74) is 4.74. The summed E-state index contributed by atoms with van der Waals surface area (Å²) in [7, 11) is 0. The summed E-state index contributed by atoms with van der Waals surface area (Å²) in [6, 6.07) is 0.227. The number of carbonyl (C=O) groups is 1. The Balaban J connectivity index is 2.65. The fourth-order valence-electron chi connectivity index (χ4n) is 2.51. The Labute approximate surface area is 115 Å². The molecule has 1 rings (SSSR count). The molecule has 0 heterocycles. The first kappa shape index (κ1) is 15.8. The van der Waals surface area contributed by atoms with Crippen LogP contribution in [0.4, 0.5) is 0 Å². The fourth-order valence-corrected chi connectivity index (χ4v) is 2.51. The molecule has 1 saturated carbocycles. The van der Waals surface area contributed by atoms with Crippen molar-refractivity contribution >= 4 is 11.7 Å². The summed E-state index contributed by atoms with van der Waals surface area (Å²) in [6.07, 6.45) is 8.70. The molecule has 0 aliphatic heterocycles. The smallest absolute Gasteiger partial charge is 0.233 e. The van der Waals surface area contributed by atoms with E-state index < -0.39 is 5.41 Å². The second-order valence-corrected chi connectivity index (χ2v) is 5.69. The van der Waals surface area contributed by atoms with Crippen molar-refractivity contribution in [3.8, 4) is 0 Å². The Morgan fingerprint density at radius 2 is 1.84 bits per heavy atom.